The first kappa shape index (κ1) is 13.5. The van der Waals surface area contributed by atoms with Crippen LogP contribution in [0.3, 0.4) is 0 Å². The lowest BCUT2D eigenvalue weighted by molar-refractivity contribution is -0.132. The highest BCUT2D eigenvalue weighted by Gasteiger charge is 2.35. The van der Waals surface area contributed by atoms with Crippen LogP contribution in [0.15, 0.2) is 0 Å². The first-order valence-corrected chi connectivity index (χ1v) is 7.53. The van der Waals surface area contributed by atoms with Gasteiger partial charge in [0.2, 0.25) is 5.91 Å². The molecule has 0 heterocycles. The number of rotatable bonds is 3. The molecule has 0 saturated heterocycles. The zero-order valence-corrected chi connectivity index (χ0v) is 9.90. The van der Waals surface area contributed by atoms with Crippen molar-refractivity contribution in [3.8, 4) is 0 Å². The van der Waals surface area contributed by atoms with E-state index in [0.717, 1.165) is 0 Å². The Hall–Kier alpha value is -0.523. The van der Waals surface area contributed by atoms with Gasteiger partial charge in [0.25, 0.3) is 0 Å². The number of hydrogen-bond donors (Lipinski definition) is 0. The average Bonchev–Trinajstić information content (AvgIpc) is 1.98. The molecule has 14 heavy (non-hydrogen) atoms. The van der Waals surface area contributed by atoms with Crippen molar-refractivity contribution in [3.63, 3.8) is 0 Å². The molecule has 0 aliphatic heterocycles. The molecule has 0 unspecified atom stereocenters. The van der Waals surface area contributed by atoms with Gasteiger partial charge in [-0.05, 0) is 6.04 Å². The molecule has 0 aromatic heterocycles. The van der Waals surface area contributed by atoms with E-state index in [4.69, 9.17) is 0 Å². The van der Waals surface area contributed by atoms with Crippen molar-refractivity contribution < 1.29 is 18.0 Å². The van der Waals surface area contributed by atoms with Gasteiger partial charge in [-0.15, -0.1) is 0 Å². The Morgan fingerprint density at radius 1 is 1.36 bits per heavy atom. The van der Waals surface area contributed by atoms with Crippen LogP contribution in [-0.4, -0.2) is 31.9 Å². The molecular formula is C8H16F3NOSi. The van der Waals surface area contributed by atoms with Gasteiger partial charge in [0.05, 0.1) is 0 Å². The summed E-state index contributed by atoms with van der Waals surface area (Å²) in [6, 6.07) is 0.0621. The van der Waals surface area contributed by atoms with E-state index < -0.39 is 20.8 Å². The molecule has 0 spiro atoms. The summed E-state index contributed by atoms with van der Waals surface area (Å²) in [5, 5.41) is 0. The van der Waals surface area contributed by atoms with Crippen LogP contribution in [0.25, 0.3) is 0 Å². The summed E-state index contributed by atoms with van der Waals surface area (Å²) in [7, 11) is -0.641. The number of carbonyl (C=O) groups excluding carboxylic acids is 1. The highest BCUT2D eigenvalue weighted by atomic mass is 28.3. The fraction of sp³-hybridized carbons (Fsp3) is 0.875. The van der Waals surface area contributed by atoms with Crippen molar-refractivity contribution in [1.82, 2.24) is 4.57 Å². The lowest BCUT2D eigenvalue weighted by atomic mass is 10.5. The van der Waals surface area contributed by atoms with Gasteiger partial charge in [0.1, 0.15) is 0 Å². The number of alkyl halides is 3. The predicted molar refractivity (Wildman–Crippen MR) is 51.4 cm³/mol. The van der Waals surface area contributed by atoms with E-state index in [9.17, 15) is 18.0 Å². The first-order valence-electron chi connectivity index (χ1n) is 4.37. The zero-order chi connectivity index (χ0) is 11.6. The largest absolute Gasteiger partial charge is 0.388 e. The highest BCUT2D eigenvalue weighted by molar-refractivity contribution is 6.76. The van der Waals surface area contributed by atoms with E-state index in [1.807, 2.05) is 0 Å². The second kappa shape index (κ2) is 4.33. The zero-order valence-electron chi connectivity index (χ0n) is 8.90. The third kappa shape index (κ3) is 4.64. The van der Waals surface area contributed by atoms with Crippen LogP contribution in [0.4, 0.5) is 13.2 Å². The van der Waals surface area contributed by atoms with E-state index in [1.54, 1.807) is 20.1 Å². The van der Waals surface area contributed by atoms with Crippen molar-refractivity contribution in [2.45, 2.75) is 38.7 Å². The molecule has 6 heteroatoms. The molecule has 0 N–H and O–H groups in total. The van der Waals surface area contributed by atoms with Gasteiger partial charge in [-0.25, -0.2) is 0 Å². The maximum Gasteiger partial charge on any atom is 0.388 e. The molecule has 0 radical (unpaired) electrons. The molecule has 0 saturated carbocycles. The van der Waals surface area contributed by atoms with Crippen LogP contribution < -0.4 is 0 Å². The lowest BCUT2D eigenvalue weighted by Gasteiger charge is -2.33. The molecule has 0 aromatic rings. The summed E-state index contributed by atoms with van der Waals surface area (Å²) in [5.41, 5.74) is 0. The van der Waals surface area contributed by atoms with E-state index >= 15 is 0 Å². The Kier molecular flexibility index (Phi) is 4.17. The van der Waals surface area contributed by atoms with Gasteiger partial charge in [-0.1, -0.05) is 13.1 Å². The summed E-state index contributed by atoms with van der Waals surface area (Å²) in [6.07, 6.45) is -4.92. The van der Waals surface area contributed by atoms with Crippen LogP contribution in [0.2, 0.25) is 19.1 Å². The summed E-state index contributed by atoms with van der Waals surface area (Å²) in [4.78, 5) is 11.0. The van der Waals surface area contributed by atoms with Crippen molar-refractivity contribution >= 4 is 14.1 Å². The molecule has 1 amide bonds. The number of carbonyl (C=O) groups is 1. The van der Waals surface area contributed by atoms with Gasteiger partial charge in [0, 0.05) is 20.4 Å². The quantitative estimate of drug-likeness (QED) is 0.679. The number of amides is 1. The number of nitrogens with zero attached hydrogens (tertiary/aromatic N) is 1. The van der Waals surface area contributed by atoms with Gasteiger partial charge in [0.15, 0.2) is 8.24 Å². The van der Waals surface area contributed by atoms with Gasteiger partial charge in [-0.2, -0.15) is 13.2 Å². The van der Waals surface area contributed by atoms with Crippen LogP contribution in [-0.2, 0) is 4.79 Å². The molecule has 0 fully saturated rings. The molecule has 84 valence electrons. The number of halogens is 3. The monoisotopic (exact) mass is 227 g/mol. The van der Waals surface area contributed by atoms with Crippen LogP contribution in [0.5, 0.6) is 0 Å². The maximum atomic E-state index is 12.0. The minimum atomic E-state index is -4.12. The average molecular weight is 227 g/mol. The van der Waals surface area contributed by atoms with E-state index in [1.165, 1.54) is 11.5 Å². The molecule has 0 aliphatic carbocycles. The normalized spacial score (nSPS) is 12.8. The molecule has 0 aromatic carbocycles. The molecular weight excluding hydrogens is 211 g/mol. The predicted octanol–water partition coefficient (Wildman–Crippen LogP) is 2.62. The molecule has 0 aliphatic rings. The van der Waals surface area contributed by atoms with E-state index in [-0.39, 0.29) is 12.0 Å². The summed E-state index contributed by atoms with van der Waals surface area (Å²) < 4.78 is 37.4. The van der Waals surface area contributed by atoms with Crippen LogP contribution in [0.1, 0.15) is 13.3 Å². The van der Waals surface area contributed by atoms with E-state index in [0.29, 0.717) is 0 Å². The fourth-order valence-electron chi connectivity index (χ4n) is 1.04. The topological polar surface area (TPSA) is 20.3 Å². The second-order valence-electron chi connectivity index (χ2n) is 4.01. The Morgan fingerprint density at radius 3 is 2.07 bits per heavy atom. The fourth-order valence-corrected chi connectivity index (χ4v) is 3.12. The molecule has 0 bridgehead atoms. The Bertz CT molecular complexity index is 215. The minimum Gasteiger partial charge on any atom is -0.373 e. The molecule has 0 rings (SSSR count). The Balaban J connectivity index is 4.27. The van der Waals surface area contributed by atoms with Crippen molar-refractivity contribution in [1.29, 1.82) is 0 Å². The maximum absolute atomic E-state index is 12.0. The van der Waals surface area contributed by atoms with Gasteiger partial charge < -0.3 is 4.57 Å². The van der Waals surface area contributed by atoms with E-state index in [2.05, 4.69) is 0 Å². The Labute approximate surface area is 83.2 Å². The van der Waals surface area contributed by atoms with Gasteiger partial charge >= 0.3 is 6.18 Å². The summed E-state index contributed by atoms with van der Waals surface area (Å²) >= 11 is 0. The molecule has 2 nitrogen and oxygen atoms in total. The second-order valence-corrected chi connectivity index (χ2v) is 8.80. The summed E-state index contributed by atoms with van der Waals surface area (Å²) in [6.45, 7) is 4.91. The van der Waals surface area contributed by atoms with Gasteiger partial charge in [-0.3, -0.25) is 4.79 Å². The Morgan fingerprint density at radius 2 is 1.79 bits per heavy atom. The lowest BCUT2D eigenvalue weighted by Crippen LogP contribution is -2.49. The SMILES string of the molecule is CC(=O)N(C)[Si](C)(C)CCC(F)(F)F. The molecule has 0 atom stereocenters. The van der Waals surface area contributed by atoms with Crippen molar-refractivity contribution in [3.05, 3.63) is 0 Å². The van der Waals surface area contributed by atoms with Crippen LogP contribution >= 0.6 is 0 Å². The van der Waals surface area contributed by atoms with Crippen LogP contribution in [0, 0.1) is 0 Å². The van der Waals surface area contributed by atoms with Crippen molar-refractivity contribution in [2.24, 2.45) is 0 Å². The first-order chi connectivity index (χ1) is 6.06. The van der Waals surface area contributed by atoms with Crippen molar-refractivity contribution in [2.75, 3.05) is 7.05 Å². The number of hydrogen-bond acceptors (Lipinski definition) is 1. The summed E-state index contributed by atoms with van der Waals surface area (Å²) in [5.74, 6) is -0.163. The third-order valence-corrected chi connectivity index (χ3v) is 6.01. The minimum absolute atomic E-state index is 0.0621. The third-order valence-electron chi connectivity index (χ3n) is 2.40. The smallest absolute Gasteiger partial charge is 0.373 e. The highest BCUT2D eigenvalue weighted by Crippen LogP contribution is 2.27. The standard InChI is InChI=1S/C8H16F3NOSi/c1-7(13)12(2)14(3,4)6-5-8(9,10)11/h5-6H2,1-4H3.